The quantitative estimate of drug-likeness (QED) is 0.683. The van der Waals surface area contributed by atoms with E-state index in [0.29, 0.717) is 17.6 Å². The van der Waals surface area contributed by atoms with Gasteiger partial charge in [-0.05, 0) is 42.7 Å². The minimum Gasteiger partial charge on any atom is -0.497 e. The number of aromatic nitrogens is 3. The average molecular weight is 314 g/mol. The number of nitrogens with zero attached hydrogens (tertiary/aromatic N) is 3. The van der Waals surface area contributed by atoms with Crippen LogP contribution in [0.4, 0.5) is 0 Å². The Kier molecular flexibility index (Phi) is 3.26. The molecule has 1 fully saturated rings. The lowest BCUT2D eigenvalue weighted by molar-refractivity contribution is 0.414. The zero-order chi connectivity index (χ0) is 15.1. The summed E-state index contributed by atoms with van der Waals surface area (Å²) in [6, 6.07) is 11.9. The number of hydrogen-bond acceptors (Lipinski definition) is 3. The van der Waals surface area contributed by atoms with E-state index >= 15 is 0 Å². The van der Waals surface area contributed by atoms with E-state index in [1.165, 1.54) is 12.8 Å². The van der Waals surface area contributed by atoms with Crippen molar-refractivity contribution in [2.24, 2.45) is 0 Å². The van der Waals surface area contributed by atoms with E-state index in [2.05, 4.69) is 4.98 Å². The van der Waals surface area contributed by atoms with Gasteiger partial charge >= 0.3 is 0 Å². The molecule has 0 saturated heterocycles. The van der Waals surface area contributed by atoms with Crippen LogP contribution in [0, 0.1) is 0 Å². The summed E-state index contributed by atoms with van der Waals surface area (Å²) in [5.41, 5.74) is 3.19. The Balaban J connectivity index is 1.74. The first-order valence-electron chi connectivity index (χ1n) is 7.40. The molecule has 0 amide bonds. The van der Waals surface area contributed by atoms with E-state index in [1.54, 1.807) is 7.11 Å². The molecular weight excluding hydrogens is 298 g/mol. The first-order chi connectivity index (χ1) is 10.7. The summed E-state index contributed by atoms with van der Waals surface area (Å²) in [6.07, 6.45) is 2.44. The van der Waals surface area contributed by atoms with E-state index < -0.39 is 0 Å². The van der Waals surface area contributed by atoms with Gasteiger partial charge in [-0.1, -0.05) is 23.7 Å². The molecule has 3 aromatic rings. The van der Waals surface area contributed by atoms with E-state index in [4.69, 9.17) is 21.4 Å². The van der Waals surface area contributed by atoms with Crippen molar-refractivity contribution < 1.29 is 4.74 Å². The first-order valence-corrected chi connectivity index (χ1v) is 7.78. The van der Waals surface area contributed by atoms with Crippen LogP contribution in [0.25, 0.3) is 11.0 Å². The van der Waals surface area contributed by atoms with E-state index in [-0.39, 0.29) is 0 Å². The van der Waals surface area contributed by atoms with Crippen LogP contribution in [0.15, 0.2) is 36.4 Å². The Hall–Kier alpha value is -2.07. The fraction of sp³-hybridized carbons (Fsp3) is 0.294. The third-order valence-electron chi connectivity index (χ3n) is 4.05. The Morgan fingerprint density at radius 2 is 1.95 bits per heavy atom. The Morgan fingerprint density at radius 1 is 1.18 bits per heavy atom. The maximum absolute atomic E-state index is 6.07. The molecule has 1 aliphatic rings. The molecule has 0 N–H and O–H groups in total. The maximum atomic E-state index is 6.07. The SMILES string of the molecule is COc1ccc(Cn2nc(C3CC3)c3ccc(Cl)nc32)cc1. The lowest BCUT2D eigenvalue weighted by Crippen LogP contribution is -2.03. The van der Waals surface area contributed by atoms with Crippen molar-refractivity contribution in [3.63, 3.8) is 0 Å². The second-order valence-electron chi connectivity index (χ2n) is 5.67. The van der Waals surface area contributed by atoms with Crippen LogP contribution in [0.3, 0.4) is 0 Å². The largest absolute Gasteiger partial charge is 0.497 e. The van der Waals surface area contributed by atoms with Crippen molar-refractivity contribution in [1.29, 1.82) is 0 Å². The standard InChI is InChI=1S/C17H16ClN3O/c1-22-13-6-2-11(3-7-13)10-21-17-14(8-9-15(18)19-17)16(20-21)12-4-5-12/h2-3,6-9,12H,4-5,10H2,1H3. The normalized spacial score (nSPS) is 14.5. The molecule has 1 aromatic carbocycles. The summed E-state index contributed by atoms with van der Waals surface area (Å²) in [7, 11) is 1.67. The summed E-state index contributed by atoms with van der Waals surface area (Å²) in [5, 5.41) is 6.43. The minimum atomic E-state index is 0.505. The summed E-state index contributed by atoms with van der Waals surface area (Å²) in [6.45, 7) is 0.681. The number of benzene rings is 1. The van der Waals surface area contributed by atoms with E-state index in [1.807, 2.05) is 41.1 Å². The van der Waals surface area contributed by atoms with Gasteiger partial charge in [0.15, 0.2) is 5.65 Å². The van der Waals surface area contributed by atoms with Gasteiger partial charge in [0.2, 0.25) is 0 Å². The maximum Gasteiger partial charge on any atom is 0.160 e. The second-order valence-corrected chi connectivity index (χ2v) is 6.06. The lowest BCUT2D eigenvalue weighted by Gasteiger charge is -2.05. The Morgan fingerprint density at radius 3 is 2.64 bits per heavy atom. The second kappa shape index (κ2) is 5.29. The van der Waals surface area contributed by atoms with Gasteiger partial charge in [-0.25, -0.2) is 9.67 Å². The molecule has 0 bridgehead atoms. The predicted octanol–water partition coefficient (Wildman–Crippen LogP) is 4.02. The van der Waals surface area contributed by atoms with Crippen molar-refractivity contribution in [1.82, 2.24) is 14.8 Å². The molecule has 4 nitrogen and oxygen atoms in total. The topological polar surface area (TPSA) is 39.9 Å². The molecule has 0 unspecified atom stereocenters. The number of ether oxygens (including phenoxy) is 1. The Bertz CT molecular complexity index is 822. The molecule has 0 radical (unpaired) electrons. The molecule has 0 atom stereocenters. The van der Waals surface area contributed by atoms with Gasteiger partial charge in [-0.3, -0.25) is 0 Å². The van der Waals surface area contributed by atoms with Gasteiger partial charge in [0, 0.05) is 11.3 Å². The molecule has 2 heterocycles. The number of pyridine rings is 1. The summed E-state index contributed by atoms with van der Waals surface area (Å²) in [5.74, 6) is 1.44. The number of fused-ring (bicyclic) bond motifs is 1. The van der Waals surface area contributed by atoms with Gasteiger partial charge in [0.05, 0.1) is 19.3 Å². The fourth-order valence-corrected chi connectivity index (χ4v) is 2.87. The van der Waals surface area contributed by atoms with Crippen LogP contribution >= 0.6 is 11.6 Å². The van der Waals surface area contributed by atoms with E-state index in [0.717, 1.165) is 28.0 Å². The van der Waals surface area contributed by atoms with E-state index in [9.17, 15) is 0 Å². The van der Waals surface area contributed by atoms with Gasteiger partial charge < -0.3 is 4.74 Å². The Labute approximate surface area is 133 Å². The molecule has 112 valence electrons. The number of halogens is 1. The zero-order valence-electron chi connectivity index (χ0n) is 12.3. The van der Waals surface area contributed by atoms with Crippen molar-refractivity contribution >= 4 is 22.6 Å². The smallest absolute Gasteiger partial charge is 0.160 e. The first kappa shape index (κ1) is 13.6. The number of methoxy groups -OCH3 is 1. The predicted molar refractivity (Wildman–Crippen MR) is 86.6 cm³/mol. The van der Waals surface area contributed by atoms with Gasteiger partial charge in [0.1, 0.15) is 10.9 Å². The third-order valence-corrected chi connectivity index (χ3v) is 4.26. The number of hydrogen-bond donors (Lipinski definition) is 0. The van der Waals surface area contributed by atoms with Crippen LogP contribution in [0.1, 0.15) is 30.0 Å². The molecule has 22 heavy (non-hydrogen) atoms. The van der Waals surface area contributed by atoms with Gasteiger partial charge in [-0.2, -0.15) is 5.10 Å². The molecule has 4 rings (SSSR count). The molecule has 1 saturated carbocycles. The summed E-state index contributed by atoms with van der Waals surface area (Å²) >= 11 is 6.07. The van der Waals surface area contributed by atoms with Crippen LogP contribution in [-0.4, -0.2) is 21.9 Å². The van der Waals surface area contributed by atoms with Crippen LogP contribution in [0.2, 0.25) is 5.15 Å². The number of rotatable bonds is 4. The average Bonchev–Trinajstić information content (AvgIpc) is 3.32. The van der Waals surface area contributed by atoms with Crippen molar-refractivity contribution in [3.05, 3.63) is 52.8 Å². The van der Waals surface area contributed by atoms with Gasteiger partial charge in [-0.15, -0.1) is 0 Å². The monoisotopic (exact) mass is 313 g/mol. The molecule has 2 aromatic heterocycles. The highest BCUT2D eigenvalue weighted by Crippen LogP contribution is 2.42. The molecule has 1 aliphatic carbocycles. The molecule has 0 aliphatic heterocycles. The highest BCUT2D eigenvalue weighted by molar-refractivity contribution is 6.29. The lowest BCUT2D eigenvalue weighted by atomic mass is 10.2. The molecule has 5 heteroatoms. The fourth-order valence-electron chi connectivity index (χ4n) is 2.73. The van der Waals surface area contributed by atoms with Crippen LogP contribution in [0.5, 0.6) is 5.75 Å². The minimum absolute atomic E-state index is 0.505. The highest BCUT2D eigenvalue weighted by Gasteiger charge is 2.29. The van der Waals surface area contributed by atoms with Crippen LogP contribution < -0.4 is 4.74 Å². The highest BCUT2D eigenvalue weighted by atomic mass is 35.5. The summed E-state index contributed by atoms with van der Waals surface area (Å²) in [4.78, 5) is 4.48. The summed E-state index contributed by atoms with van der Waals surface area (Å²) < 4.78 is 7.15. The van der Waals surface area contributed by atoms with Gasteiger partial charge in [0.25, 0.3) is 0 Å². The van der Waals surface area contributed by atoms with Crippen molar-refractivity contribution in [3.8, 4) is 5.75 Å². The van der Waals surface area contributed by atoms with Crippen LogP contribution in [-0.2, 0) is 6.54 Å². The molecular formula is C17H16ClN3O. The third kappa shape index (κ3) is 2.44. The van der Waals surface area contributed by atoms with Crippen molar-refractivity contribution in [2.45, 2.75) is 25.3 Å². The van der Waals surface area contributed by atoms with Crippen molar-refractivity contribution in [2.75, 3.05) is 7.11 Å². The molecule has 0 spiro atoms. The zero-order valence-corrected chi connectivity index (χ0v) is 13.0.